The molecule has 0 aliphatic carbocycles. The Balaban J connectivity index is 1.34. The lowest BCUT2D eigenvalue weighted by molar-refractivity contribution is 0.598. The Kier molecular flexibility index (Phi) is 4.40. The number of nitrogens with zero attached hydrogens (tertiary/aromatic N) is 2. The standard InChI is InChI=1S/C36H22N2O2S/c39-41(40)35-21-20-23(37-30-15-5-1-10-24(30)25-11-2-6-16-31(25)37)22-29(35)28-14-9-19-34(36(28)41)38-32-17-7-3-12-26(32)27-13-4-8-18-33(27)38/h1-22H. The second-order valence-electron chi connectivity index (χ2n) is 10.6. The zero-order valence-electron chi connectivity index (χ0n) is 21.8. The average molecular weight is 547 g/mol. The molecule has 9 rings (SSSR count). The quantitative estimate of drug-likeness (QED) is 0.218. The third-order valence-corrected chi connectivity index (χ3v) is 10.4. The van der Waals surface area contributed by atoms with Crippen molar-refractivity contribution < 1.29 is 8.42 Å². The van der Waals surface area contributed by atoms with Gasteiger partial charge in [-0.2, -0.15) is 0 Å². The lowest BCUT2D eigenvalue weighted by atomic mass is 10.0. The topological polar surface area (TPSA) is 44.0 Å². The number of fused-ring (bicyclic) bond motifs is 9. The van der Waals surface area contributed by atoms with Crippen LogP contribution >= 0.6 is 0 Å². The summed E-state index contributed by atoms with van der Waals surface area (Å²) < 4.78 is 32.9. The fourth-order valence-electron chi connectivity index (χ4n) is 6.79. The predicted octanol–water partition coefficient (Wildman–Crippen LogP) is 8.69. The van der Waals surface area contributed by atoms with Gasteiger partial charge in [0.15, 0.2) is 0 Å². The zero-order chi connectivity index (χ0) is 27.3. The van der Waals surface area contributed by atoms with Crippen LogP contribution < -0.4 is 0 Å². The number of hydrogen-bond donors (Lipinski definition) is 0. The number of rotatable bonds is 2. The molecule has 0 bridgehead atoms. The molecule has 0 atom stereocenters. The molecule has 6 aromatic carbocycles. The minimum atomic E-state index is -3.76. The van der Waals surface area contributed by atoms with Gasteiger partial charge in [-0.15, -0.1) is 0 Å². The molecule has 8 aromatic rings. The summed E-state index contributed by atoms with van der Waals surface area (Å²) in [5, 5.41) is 4.54. The van der Waals surface area contributed by atoms with E-state index in [0.29, 0.717) is 15.5 Å². The molecule has 0 amide bonds. The molecule has 0 saturated heterocycles. The van der Waals surface area contributed by atoms with E-state index in [9.17, 15) is 8.42 Å². The second-order valence-corrected chi connectivity index (χ2v) is 12.4. The molecule has 5 heteroatoms. The van der Waals surface area contributed by atoms with Gasteiger partial charge in [0.05, 0.1) is 32.6 Å². The van der Waals surface area contributed by atoms with Gasteiger partial charge in [-0.3, -0.25) is 0 Å². The van der Waals surface area contributed by atoms with E-state index in [1.54, 1.807) is 6.07 Å². The summed E-state index contributed by atoms with van der Waals surface area (Å²) in [6.45, 7) is 0. The third-order valence-electron chi connectivity index (χ3n) is 8.47. The summed E-state index contributed by atoms with van der Waals surface area (Å²) in [5.41, 5.74) is 7.24. The maximum absolute atomic E-state index is 14.3. The minimum Gasteiger partial charge on any atom is -0.309 e. The van der Waals surface area contributed by atoms with Gasteiger partial charge in [0.2, 0.25) is 9.84 Å². The van der Waals surface area contributed by atoms with Gasteiger partial charge in [0, 0.05) is 38.4 Å². The van der Waals surface area contributed by atoms with E-state index in [1.165, 1.54) is 10.8 Å². The Morgan fingerprint density at radius 3 is 1.46 bits per heavy atom. The van der Waals surface area contributed by atoms with Crippen molar-refractivity contribution in [1.29, 1.82) is 0 Å². The van der Waals surface area contributed by atoms with Crippen molar-refractivity contribution >= 4 is 53.4 Å². The van der Waals surface area contributed by atoms with Crippen molar-refractivity contribution in [2.24, 2.45) is 0 Å². The van der Waals surface area contributed by atoms with Crippen LogP contribution in [-0.2, 0) is 9.84 Å². The summed E-state index contributed by atoms with van der Waals surface area (Å²) in [5.74, 6) is 0. The molecule has 0 unspecified atom stereocenters. The van der Waals surface area contributed by atoms with Crippen LogP contribution in [-0.4, -0.2) is 17.6 Å². The highest BCUT2D eigenvalue weighted by Crippen LogP contribution is 2.48. The van der Waals surface area contributed by atoms with Crippen LogP contribution in [0.4, 0.5) is 0 Å². The molecule has 0 radical (unpaired) electrons. The molecule has 0 saturated carbocycles. The smallest absolute Gasteiger partial charge is 0.209 e. The van der Waals surface area contributed by atoms with Crippen molar-refractivity contribution in [3.05, 3.63) is 133 Å². The Bertz CT molecular complexity index is 2390. The molecule has 0 N–H and O–H groups in total. The molecule has 2 aromatic heterocycles. The number of para-hydroxylation sites is 4. The van der Waals surface area contributed by atoms with Gasteiger partial charge in [-0.1, -0.05) is 84.9 Å². The average Bonchev–Trinajstić information content (AvgIpc) is 3.61. The molecule has 1 aliphatic rings. The molecular formula is C36H22N2O2S. The lowest BCUT2D eigenvalue weighted by Gasteiger charge is -2.12. The molecule has 3 heterocycles. The van der Waals surface area contributed by atoms with Gasteiger partial charge < -0.3 is 9.13 Å². The van der Waals surface area contributed by atoms with Crippen molar-refractivity contribution in [3.63, 3.8) is 0 Å². The van der Waals surface area contributed by atoms with Crippen LogP contribution in [0.2, 0.25) is 0 Å². The van der Waals surface area contributed by atoms with Crippen LogP contribution in [0.5, 0.6) is 0 Å². The van der Waals surface area contributed by atoms with Gasteiger partial charge in [0.1, 0.15) is 4.90 Å². The summed E-state index contributed by atoms with van der Waals surface area (Å²) in [4.78, 5) is 0.714. The first-order chi connectivity index (χ1) is 20.1. The number of sulfone groups is 1. The first kappa shape index (κ1) is 22.7. The van der Waals surface area contributed by atoms with Gasteiger partial charge in [-0.05, 0) is 48.5 Å². The molecular weight excluding hydrogens is 524 g/mol. The molecule has 1 aliphatic heterocycles. The number of hydrogen-bond acceptors (Lipinski definition) is 2. The molecule has 41 heavy (non-hydrogen) atoms. The third kappa shape index (κ3) is 2.91. The summed E-state index contributed by atoms with van der Waals surface area (Å²) in [6, 6.07) is 44.7. The summed E-state index contributed by atoms with van der Waals surface area (Å²) >= 11 is 0. The maximum atomic E-state index is 14.3. The fourth-order valence-corrected chi connectivity index (χ4v) is 8.62. The predicted molar refractivity (Wildman–Crippen MR) is 166 cm³/mol. The van der Waals surface area contributed by atoms with Crippen LogP contribution in [0, 0.1) is 0 Å². The van der Waals surface area contributed by atoms with Gasteiger partial charge in [-0.25, -0.2) is 8.42 Å². The van der Waals surface area contributed by atoms with Crippen molar-refractivity contribution in [3.8, 4) is 22.5 Å². The lowest BCUT2D eigenvalue weighted by Crippen LogP contribution is -2.04. The maximum Gasteiger partial charge on any atom is 0.209 e. The molecule has 0 fully saturated rings. The minimum absolute atomic E-state index is 0.352. The van der Waals surface area contributed by atoms with Crippen LogP contribution in [0.3, 0.4) is 0 Å². The first-order valence-corrected chi connectivity index (χ1v) is 15.1. The van der Waals surface area contributed by atoms with Crippen LogP contribution in [0.25, 0.3) is 66.1 Å². The molecule has 0 spiro atoms. The highest BCUT2D eigenvalue weighted by atomic mass is 32.2. The van der Waals surface area contributed by atoms with Crippen molar-refractivity contribution in [2.75, 3.05) is 0 Å². The second kappa shape index (κ2) is 7.96. The molecule has 194 valence electrons. The van der Waals surface area contributed by atoms with E-state index in [-0.39, 0.29) is 0 Å². The van der Waals surface area contributed by atoms with E-state index < -0.39 is 9.84 Å². The van der Waals surface area contributed by atoms with E-state index in [2.05, 4.69) is 69.8 Å². The highest BCUT2D eigenvalue weighted by molar-refractivity contribution is 7.92. The van der Waals surface area contributed by atoms with E-state index in [0.717, 1.165) is 49.7 Å². The Morgan fingerprint density at radius 2 is 0.927 bits per heavy atom. The SMILES string of the molecule is O=S1(=O)c2ccc(-n3c4ccccc4c4ccccc43)cc2-c2cccc(-n3c4ccccc4c4ccccc43)c21. The van der Waals surface area contributed by atoms with Crippen molar-refractivity contribution in [2.45, 2.75) is 9.79 Å². The summed E-state index contributed by atoms with van der Waals surface area (Å²) in [6.07, 6.45) is 0. The van der Waals surface area contributed by atoms with E-state index in [4.69, 9.17) is 0 Å². The van der Waals surface area contributed by atoms with E-state index >= 15 is 0 Å². The normalized spacial score (nSPS) is 13.8. The Labute approximate surface area is 236 Å². The zero-order valence-corrected chi connectivity index (χ0v) is 22.6. The van der Waals surface area contributed by atoms with E-state index in [1.807, 2.05) is 66.7 Å². The Hall–Kier alpha value is -5.13. The number of benzene rings is 6. The summed E-state index contributed by atoms with van der Waals surface area (Å²) in [7, 11) is -3.76. The first-order valence-electron chi connectivity index (χ1n) is 13.6. The number of aromatic nitrogens is 2. The molecule has 4 nitrogen and oxygen atoms in total. The van der Waals surface area contributed by atoms with Crippen LogP contribution in [0.1, 0.15) is 0 Å². The van der Waals surface area contributed by atoms with Gasteiger partial charge >= 0.3 is 0 Å². The highest BCUT2D eigenvalue weighted by Gasteiger charge is 2.36. The largest absolute Gasteiger partial charge is 0.309 e. The van der Waals surface area contributed by atoms with Crippen LogP contribution in [0.15, 0.2) is 143 Å². The fraction of sp³-hybridized carbons (Fsp3) is 0. The monoisotopic (exact) mass is 546 g/mol. The van der Waals surface area contributed by atoms with Gasteiger partial charge in [0.25, 0.3) is 0 Å². The Morgan fingerprint density at radius 1 is 0.439 bits per heavy atom. The van der Waals surface area contributed by atoms with Crippen molar-refractivity contribution in [1.82, 2.24) is 9.13 Å².